The van der Waals surface area contributed by atoms with Crippen LogP contribution in [0.5, 0.6) is 0 Å². The van der Waals surface area contributed by atoms with Gasteiger partial charge in [0.1, 0.15) is 4.90 Å². The van der Waals surface area contributed by atoms with E-state index in [0.717, 1.165) is 18.5 Å². The average molecular weight is 292 g/mol. The van der Waals surface area contributed by atoms with E-state index in [1.165, 1.54) is 31.3 Å². The molecule has 1 aliphatic rings. The van der Waals surface area contributed by atoms with Crippen molar-refractivity contribution >= 4 is 15.8 Å². The van der Waals surface area contributed by atoms with Crippen LogP contribution in [0.2, 0.25) is 0 Å². The second-order valence-corrected chi connectivity index (χ2v) is 6.67. The Labute approximate surface area is 117 Å². The van der Waals surface area contributed by atoms with E-state index in [4.69, 9.17) is 0 Å². The molecule has 3 rings (SSSR count). The highest BCUT2D eigenvalue weighted by Gasteiger charge is 2.21. The van der Waals surface area contributed by atoms with Crippen molar-refractivity contribution in [2.24, 2.45) is 0 Å². The first kappa shape index (κ1) is 13.1. The Bertz CT molecular complexity index is 675. The quantitative estimate of drug-likeness (QED) is 0.904. The molecule has 0 atom stereocenters. The summed E-state index contributed by atoms with van der Waals surface area (Å²) in [5, 5.41) is 6.96. The van der Waals surface area contributed by atoms with Crippen molar-refractivity contribution in [1.82, 2.24) is 15.2 Å². The molecule has 2 heterocycles. The maximum atomic E-state index is 12.1. The highest BCUT2D eigenvalue weighted by molar-refractivity contribution is 7.92. The summed E-state index contributed by atoms with van der Waals surface area (Å²) < 4.78 is 26.7. The lowest BCUT2D eigenvalue weighted by Crippen LogP contribution is -2.13. The Morgan fingerprint density at radius 2 is 2.10 bits per heavy atom. The van der Waals surface area contributed by atoms with E-state index in [1.807, 2.05) is 0 Å². The normalized spacial score (nSPS) is 16.4. The maximum absolute atomic E-state index is 12.1. The molecule has 1 saturated carbocycles. The van der Waals surface area contributed by atoms with Gasteiger partial charge in [-0.2, -0.15) is 5.10 Å². The number of nitrogens with zero attached hydrogens (tertiary/aromatic N) is 2. The Morgan fingerprint density at radius 1 is 1.30 bits per heavy atom. The summed E-state index contributed by atoms with van der Waals surface area (Å²) in [6.07, 6.45) is 7.56. The number of hydrogen-bond donors (Lipinski definition) is 2. The third kappa shape index (κ3) is 2.67. The van der Waals surface area contributed by atoms with Crippen LogP contribution in [0.1, 0.15) is 37.3 Å². The second-order valence-electron chi connectivity index (χ2n) is 4.98. The van der Waals surface area contributed by atoms with Gasteiger partial charge in [-0.05, 0) is 25.0 Å². The summed E-state index contributed by atoms with van der Waals surface area (Å²) in [5.41, 5.74) is 1.01. The molecular weight excluding hydrogens is 276 g/mol. The first-order valence-electron chi connectivity index (χ1n) is 6.63. The third-order valence-electron chi connectivity index (χ3n) is 3.58. The summed E-state index contributed by atoms with van der Waals surface area (Å²) >= 11 is 0. The van der Waals surface area contributed by atoms with Crippen molar-refractivity contribution in [3.63, 3.8) is 0 Å². The van der Waals surface area contributed by atoms with E-state index in [-0.39, 0.29) is 4.90 Å². The van der Waals surface area contributed by atoms with Crippen LogP contribution in [0.25, 0.3) is 0 Å². The number of sulfonamides is 1. The van der Waals surface area contributed by atoms with Gasteiger partial charge in [0.25, 0.3) is 10.0 Å². The van der Waals surface area contributed by atoms with Gasteiger partial charge >= 0.3 is 0 Å². The Hall–Kier alpha value is -1.89. The van der Waals surface area contributed by atoms with Crippen LogP contribution < -0.4 is 4.72 Å². The summed E-state index contributed by atoms with van der Waals surface area (Å²) in [6.45, 7) is 0. The number of aromatic amines is 1. The zero-order valence-corrected chi connectivity index (χ0v) is 11.7. The van der Waals surface area contributed by atoms with Crippen molar-refractivity contribution in [2.75, 3.05) is 4.72 Å². The molecular formula is C13H16N4O2S. The lowest BCUT2D eigenvalue weighted by molar-refractivity contribution is 0.600. The van der Waals surface area contributed by atoms with Crippen LogP contribution in [-0.2, 0) is 10.0 Å². The van der Waals surface area contributed by atoms with Crippen LogP contribution in [0, 0.1) is 0 Å². The molecule has 0 bridgehead atoms. The van der Waals surface area contributed by atoms with Gasteiger partial charge in [-0.25, -0.2) is 8.42 Å². The highest BCUT2D eigenvalue weighted by Crippen LogP contribution is 2.33. The Balaban J connectivity index is 1.78. The third-order valence-corrected chi connectivity index (χ3v) is 4.92. The molecule has 7 heteroatoms. The molecule has 1 aliphatic carbocycles. The molecule has 0 radical (unpaired) electrons. The van der Waals surface area contributed by atoms with Crippen LogP contribution in [-0.4, -0.2) is 23.6 Å². The minimum atomic E-state index is -3.62. The number of anilines is 1. The molecule has 6 nitrogen and oxygen atoms in total. The largest absolute Gasteiger partial charge is 0.280 e. The van der Waals surface area contributed by atoms with Gasteiger partial charge in [0.05, 0.1) is 0 Å². The maximum Gasteiger partial charge on any atom is 0.264 e. The SMILES string of the molecule is O=S(=O)(Nc1cc(C2CCCC2)[nH]n1)c1cccnc1. The van der Waals surface area contributed by atoms with Crippen molar-refractivity contribution in [2.45, 2.75) is 36.5 Å². The van der Waals surface area contributed by atoms with Gasteiger partial charge in [0.15, 0.2) is 5.82 Å². The average Bonchev–Trinajstić information content (AvgIpc) is 3.10. The molecule has 2 N–H and O–H groups in total. The fraction of sp³-hybridized carbons (Fsp3) is 0.385. The zero-order chi connectivity index (χ0) is 14.0. The van der Waals surface area contributed by atoms with Crippen molar-refractivity contribution < 1.29 is 8.42 Å². The Morgan fingerprint density at radius 3 is 2.80 bits per heavy atom. The standard InChI is InChI=1S/C13H16N4O2S/c18-20(19,11-6-3-7-14-9-11)17-13-8-12(15-16-13)10-4-1-2-5-10/h3,6-10H,1-2,4-5H2,(H2,15,16,17). The van der Waals surface area contributed by atoms with E-state index in [2.05, 4.69) is 19.9 Å². The monoisotopic (exact) mass is 292 g/mol. The first-order valence-corrected chi connectivity index (χ1v) is 8.11. The molecule has 106 valence electrons. The number of H-pyrrole nitrogens is 1. The molecule has 20 heavy (non-hydrogen) atoms. The fourth-order valence-corrected chi connectivity index (χ4v) is 3.49. The molecule has 0 spiro atoms. The van der Waals surface area contributed by atoms with Crippen molar-refractivity contribution in [1.29, 1.82) is 0 Å². The second kappa shape index (κ2) is 5.24. The lowest BCUT2D eigenvalue weighted by atomic mass is 10.1. The molecule has 0 amide bonds. The van der Waals surface area contributed by atoms with E-state index in [0.29, 0.717) is 11.7 Å². The van der Waals surface area contributed by atoms with E-state index < -0.39 is 10.0 Å². The molecule has 2 aromatic rings. The van der Waals surface area contributed by atoms with Gasteiger partial charge in [0.2, 0.25) is 0 Å². The van der Waals surface area contributed by atoms with Crippen LogP contribution in [0.4, 0.5) is 5.82 Å². The first-order chi connectivity index (χ1) is 9.65. The molecule has 0 unspecified atom stereocenters. The van der Waals surface area contributed by atoms with Gasteiger partial charge in [-0.1, -0.05) is 12.8 Å². The number of hydrogen-bond acceptors (Lipinski definition) is 4. The smallest absolute Gasteiger partial charge is 0.264 e. The predicted molar refractivity (Wildman–Crippen MR) is 74.8 cm³/mol. The van der Waals surface area contributed by atoms with Gasteiger partial charge < -0.3 is 0 Å². The molecule has 1 fully saturated rings. The summed E-state index contributed by atoms with van der Waals surface area (Å²) in [4.78, 5) is 3.94. The molecule has 0 saturated heterocycles. The topological polar surface area (TPSA) is 87.7 Å². The van der Waals surface area contributed by atoms with Gasteiger partial charge in [-0.15, -0.1) is 0 Å². The zero-order valence-electron chi connectivity index (χ0n) is 10.9. The fourth-order valence-electron chi connectivity index (χ4n) is 2.54. The molecule has 0 aliphatic heterocycles. The molecule has 2 aromatic heterocycles. The molecule has 0 aromatic carbocycles. The number of pyridine rings is 1. The number of nitrogens with one attached hydrogen (secondary N) is 2. The van der Waals surface area contributed by atoms with Crippen LogP contribution in [0.3, 0.4) is 0 Å². The lowest BCUT2D eigenvalue weighted by Gasteiger charge is -2.04. The number of aromatic nitrogens is 3. The van der Waals surface area contributed by atoms with E-state index >= 15 is 0 Å². The minimum absolute atomic E-state index is 0.130. The van der Waals surface area contributed by atoms with Crippen molar-refractivity contribution in [3.8, 4) is 0 Å². The van der Waals surface area contributed by atoms with Crippen molar-refractivity contribution in [3.05, 3.63) is 36.3 Å². The van der Waals surface area contributed by atoms with Crippen LogP contribution >= 0.6 is 0 Å². The minimum Gasteiger partial charge on any atom is -0.280 e. The summed E-state index contributed by atoms with van der Waals surface area (Å²) in [6, 6.07) is 4.87. The van der Waals surface area contributed by atoms with Crippen LogP contribution in [0.15, 0.2) is 35.5 Å². The van der Waals surface area contributed by atoms with E-state index in [1.54, 1.807) is 12.1 Å². The summed E-state index contributed by atoms with van der Waals surface area (Å²) in [5.74, 6) is 0.801. The van der Waals surface area contributed by atoms with E-state index in [9.17, 15) is 8.42 Å². The Kier molecular flexibility index (Phi) is 3.43. The van der Waals surface area contributed by atoms with Gasteiger partial charge in [-0.3, -0.25) is 14.8 Å². The summed E-state index contributed by atoms with van der Waals surface area (Å²) in [7, 11) is -3.62. The number of rotatable bonds is 4. The predicted octanol–water partition coefficient (Wildman–Crippen LogP) is 2.26. The highest BCUT2D eigenvalue weighted by atomic mass is 32.2. The van der Waals surface area contributed by atoms with Gasteiger partial charge in [0, 0.05) is 30.1 Å².